The summed E-state index contributed by atoms with van der Waals surface area (Å²) in [5.41, 5.74) is 22.3. The molecule has 0 radical (unpaired) electrons. The second-order valence-electron chi connectivity index (χ2n) is 25.0. The largest absolute Gasteiger partial charge is 0.454 e. The van der Waals surface area contributed by atoms with Gasteiger partial charge in [0.15, 0.2) is 5.58 Å². The summed E-state index contributed by atoms with van der Waals surface area (Å²) < 4.78 is 6.93. The molecule has 0 fully saturated rings. The molecule has 0 atom stereocenters. The van der Waals surface area contributed by atoms with Crippen molar-refractivity contribution in [1.29, 1.82) is 0 Å². The topological polar surface area (TPSA) is 22.9 Å². The molecule has 72 heavy (non-hydrogen) atoms. The van der Waals surface area contributed by atoms with Crippen LogP contribution >= 0.6 is 0 Å². The van der Waals surface area contributed by atoms with E-state index in [1.807, 2.05) is 0 Å². The number of anilines is 9. The summed E-state index contributed by atoms with van der Waals surface area (Å²) in [5.74, 6) is 0.394. The van der Waals surface area contributed by atoms with Crippen molar-refractivity contribution in [2.45, 2.75) is 125 Å². The van der Waals surface area contributed by atoms with Crippen molar-refractivity contribution in [1.82, 2.24) is 0 Å². The van der Waals surface area contributed by atoms with Gasteiger partial charge in [0.1, 0.15) is 5.58 Å². The zero-order valence-corrected chi connectivity index (χ0v) is 45.0. The molecule has 0 saturated heterocycles. The van der Waals surface area contributed by atoms with Crippen LogP contribution in [0.3, 0.4) is 0 Å². The third-order valence-corrected chi connectivity index (χ3v) is 15.5. The highest BCUT2D eigenvalue weighted by molar-refractivity contribution is 7.00. The molecule has 0 saturated carbocycles. The van der Waals surface area contributed by atoms with Gasteiger partial charge < -0.3 is 19.1 Å². The third-order valence-electron chi connectivity index (χ3n) is 15.5. The molecule has 0 spiro atoms. The first-order chi connectivity index (χ1) is 34.1. The van der Waals surface area contributed by atoms with E-state index in [1.54, 1.807) is 0 Å². The van der Waals surface area contributed by atoms with Crippen LogP contribution in [0.5, 0.6) is 0 Å². The highest BCUT2D eigenvalue weighted by Crippen LogP contribution is 2.50. The minimum absolute atomic E-state index is 0.00489. The van der Waals surface area contributed by atoms with Gasteiger partial charge in [-0.25, -0.2) is 0 Å². The maximum Gasteiger partial charge on any atom is 0.252 e. The van der Waals surface area contributed by atoms with E-state index in [0.717, 1.165) is 61.8 Å². The fourth-order valence-electron chi connectivity index (χ4n) is 11.2. The predicted octanol–water partition coefficient (Wildman–Crippen LogP) is 17.5. The highest BCUT2D eigenvalue weighted by atomic mass is 16.3. The van der Waals surface area contributed by atoms with Gasteiger partial charge >= 0.3 is 0 Å². The highest BCUT2D eigenvalue weighted by Gasteiger charge is 2.45. The molecule has 0 unspecified atom stereocenters. The Morgan fingerprint density at radius 3 is 1.36 bits per heavy atom. The van der Waals surface area contributed by atoms with E-state index in [-0.39, 0.29) is 28.4 Å². The molecule has 2 aliphatic rings. The lowest BCUT2D eigenvalue weighted by Gasteiger charge is -2.45. The number of hydrogen-bond donors (Lipinski definition) is 0. The van der Waals surface area contributed by atoms with Crippen LogP contribution in [0, 0.1) is 0 Å². The summed E-state index contributed by atoms with van der Waals surface area (Å²) in [7, 11) is 0. The number of nitrogens with zero attached hydrogens (tertiary/aromatic N) is 3. The van der Waals surface area contributed by atoms with Gasteiger partial charge in [-0.3, -0.25) is 0 Å². The fraction of sp³-hybridized carbons (Fsp3) is 0.284. The second kappa shape index (κ2) is 16.8. The molecular formula is C67H70BN3O. The van der Waals surface area contributed by atoms with Crippen LogP contribution in [-0.2, 0) is 21.7 Å². The summed E-state index contributed by atoms with van der Waals surface area (Å²) >= 11 is 0. The normalized spacial score (nSPS) is 13.7. The third kappa shape index (κ3) is 8.01. The van der Waals surface area contributed by atoms with Crippen molar-refractivity contribution in [3.63, 3.8) is 0 Å². The molecule has 5 heteroatoms. The Labute approximate surface area is 429 Å². The van der Waals surface area contributed by atoms with E-state index in [1.165, 1.54) is 55.6 Å². The van der Waals surface area contributed by atoms with E-state index in [0.29, 0.717) is 5.92 Å². The maximum atomic E-state index is 6.93. The Kier molecular flexibility index (Phi) is 11.1. The van der Waals surface area contributed by atoms with Crippen molar-refractivity contribution >= 4 is 96.2 Å². The van der Waals surface area contributed by atoms with Gasteiger partial charge in [0, 0.05) is 50.6 Å². The van der Waals surface area contributed by atoms with Crippen LogP contribution in [-0.4, -0.2) is 6.71 Å². The molecule has 8 aromatic carbocycles. The number of para-hydroxylation sites is 2. The summed E-state index contributed by atoms with van der Waals surface area (Å²) in [6.07, 6.45) is 0. The van der Waals surface area contributed by atoms with Crippen LogP contribution in [0.2, 0.25) is 0 Å². The molecule has 0 aliphatic carbocycles. The molecule has 0 bridgehead atoms. The molecule has 11 rings (SSSR count). The van der Waals surface area contributed by atoms with Gasteiger partial charge in [-0.05, 0) is 145 Å². The molecule has 4 nitrogen and oxygen atoms in total. The standard InChI is InChI=1S/C67H70BN3O/c1-42(2)43-22-30-48(31-23-43)69(58-20-17-19-53-52-18-15-16-21-61(52)72-63(53)58)51-40-59-62-60(41-51)71(50-34-26-45(27-35-50)65(6,7)8)57-37-29-47(67(12,13)14)39-55(57)68(62)54-38-46(66(9,10)11)28-36-56(54)70(59)49-32-24-44(25-33-49)64(3,4)5/h15-42H,1-14H3. The Balaban J connectivity index is 1.28. The van der Waals surface area contributed by atoms with E-state index in [4.69, 9.17) is 4.42 Å². The molecule has 362 valence electrons. The van der Waals surface area contributed by atoms with Gasteiger partial charge in [0.25, 0.3) is 6.71 Å². The number of hydrogen-bond acceptors (Lipinski definition) is 4. The van der Waals surface area contributed by atoms with Crippen LogP contribution in [0.25, 0.3) is 21.9 Å². The first-order valence-electron chi connectivity index (χ1n) is 26.1. The molecule has 9 aromatic rings. The van der Waals surface area contributed by atoms with Crippen LogP contribution in [0.15, 0.2) is 168 Å². The summed E-state index contributed by atoms with van der Waals surface area (Å²) in [5, 5.41) is 2.21. The van der Waals surface area contributed by atoms with E-state index >= 15 is 0 Å². The van der Waals surface area contributed by atoms with Gasteiger partial charge in [-0.2, -0.15) is 0 Å². The Morgan fingerprint density at radius 2 is 0.889 bits per heavy atom. The number of benzene rings is 8. The molecule has 1 aromatic heterocycles. The quantitative estimate of drug-likeness (QED) is 0.155. The van der Waals surface area contributed by atoms with Crippen molar-refractivity contribution < 1.29 is 4.42 Å². The monoisotopic (exact) mass is 944 g/mol. The molecule has 0 amide bonds. The van der Waals surface area contributed by atoms with Crippen molar-refractivity contribution in [3.8, 4) is 0 Å². The molecule has 0 N–H and O–H groups in total. The Hall–Kier alpha value is -6.98. The zero-order chi connectivity index (χ0) is 50.8. The van der Waals surface area contributed by atoms with Gasteiger partial charge in [-0.15, -0.1) is 0 Å². The van der Waals surface area contributed by atoms with Gasteiger partial charge in [0.2, 0.25) is 0 Å². The van der Waals surface area contributed by atoms with Gasteiger partial charge in [0.05, 0.1) is 11.4 Å². The van der Waals surface area contributed by atoms with E-state index < -0.39 is 0 Å². The molecular weight excluding hydrogens is 874 g/mol. The first-order valence-corrected chi connectivity index (χ1v) is 26.1. The van der Waals surface area contributed by atoms with Crippen molar-refractivity contribution in [3.05, 3.63) is 192 Å². The zero-order valence-electron chi connectivity index (χ0n) is 45.0. The number of rotatable bonds is 6. The number of fused-ring (bicyclic) bond motifs is 7. The van der Waals surface area contributed by atoms with Crippen LogP contribution < -0.4 is 31.1 Å². The Morgan fingerprint density at radius 1 is 0.431 bits per heavy atom. The Bertz CT molecular complexity index is 3390. The number of furan rings is 1. The average Bonchev–Trinajstić information content (AvgIpc) is 3.72. The van der Waals surface area contributed by atoms with E-state index in [9.17, 15) is 0 Å². The summed E-state index contributed by atoms with van der Waals surface area (Å²) in [6.45, 7) is 32.3. The average molecular weight is 944 g/mol. The fourth-order valence-corrected chi connectivity index (χ4v) is 11.2. The first kappa shape index (κ1) is 47.4. The lowest BCUT2D eigenvalue weighted by atomic mass is 9.33. The maximum absolute atomic E-state index is 6.93. The lowest BCUT2D eigenvalue weighted by Crippen LogP contribution is -2.61. The summed E-state index contributed by atoms with van der Waals surface area (Å²) in [6, 6.07) is 62.5. The van der Waals surface area contributed by atoms with E-state index in [2.05, 4.69) is 275 Å². The summed E-state index contributed by atoms with van der Waals surface area (Å²) in [4.78, 5) is 7.57. The molecule has 2 aliphatic heterocycles. The minimum Gasteiger partial charge on any atom is -0.454 e. The minimum atomic E-state index is -0.0595. The van der Waals surface area contributed by atoms with Crippen LogP contribution in [0.1, 0.15) is 131 Å². The predicted molar refractivity (Wildman–Crippen MR) is 311 cm³/mol. The molecule has 3 heterocycles. The van der Waals surface area contributed by atoms with Crippen molar-refractivity contribution in [2.24, 2.45) is 0 Å². The van der Waals surface area contributed by atoms with Gasteiger partial charge in [-0.1, -0.05) is 188 Å². The second-order valence-corrected chi connectivity index (χ2v) is 25.0. The SMILES string of the molecule is CC(C)c1ccc(N(c2cc3c4c(c2)N(c2ccc(C(C)(C)C)cc2)c2ccc(C(C)(C)C)cc2B4c2cc(C(C)(C)C)ccc2N3c2ccc(C(C)(C)C)cc2)c2cccc3c2oc2ccccc23)cc1. The lowest BCUT2D eigenvalue weighted by molar-refractivity contribution is 0.590. The van der Waals surface area contributed by atoms with Crippen LogP contribution in [0.4, 0.5) is 51.2 Å². The van der Waals surface area contributed by atoms with Crippen molar-refractivity contribution in [2.75, 3.05) is 14.7 Å². The smallest absolute Gasteiger partial charge is 0.252 e.